The average Bonchev–Trinajstić information content (AvgIpc) is 2.73. The minimum atomic E-state index is -0.601. The highest BCUT2D eigenvalue weighted by atomic mass is 35.5. The van der Waals surface area contributed by atoms with Crippen LogP contribution in [0.25, 0.3) is 0 Å². The molecular formula is C24H30Cl2N2O2S. The van der Waals surface area contributed by atoms with Crippen molar-refractivity contribution in [3.8, 4) is 0 Å². The van der Waals surface area contributed by atoms with Crippen LogP contribution in [0.3, 0.4) is 0 Å². The van der Waals surface area contributed by atoms with E-state index in [0.717, 1.165) is 17.7 Å². The minimum Gasteiger partial charge on any atom is -0.352 e. The maximum Gasteiger partial charge on any atom is 0.242 e. The molecule has 0 radical (unpaired) electrons. The number of amides is 2. The molecule has 0 saturated heterocycles. The van der Waals surface area contributed by atoms with Crippen molar-refractivity contribution in [1.82, 2.24) is 10.2 Å². The first-order valence-corrected chi connectivity index (χ1v) is 12.3. The molecule has 0 aliphatic heterocycles. The third-order valence-corrected chi connectivity index (χ3v) is 6.81. The fourth-order valence-corrected chi connectivity index (χ4v) is 4.20. The van der Waals surface area contributed by atoms with Crippen molar-refractivity contribution >= 4 is 46.8 Å². The van der Waals surface area contributed by atoms with Crippen molar-refractivity contribution in [2.45, 2.75) is 58.5 Å². The lowest BCUT2D eigenvalue weighted by Crippen LogP contribution is -2.50. The first-order chi connectivity index (χ1) is 14.7. The van der Waals surface area contributed by atoms with Crippen LogP contribution < -0.4 is 5.32 Å². The van der Waals surface area contributed by atoms with Gasteiger partial charge in [0, 0.05) is 18.3 Å². The monoisotopic (exact) mass is 480 g/mol. The molecule has 168 valence electrons. The zero-order valence-corrected chi connectivity index (χ0v) is 20.8. The van der Waals surface area contributed by atoms with Crippen LogP contribution in [-0.4, -0.2) is 34.6 Å². The molecular weight excluding hydrogens is 451 g/mol. The molecule has 0 unspecified atom stereocenters. The third kappa shape index (κ3) is 8.06. The van der Waals surface area contributed by atoms with Crippen molar-refractivity contribution in [2.75, 3.05) is 5.75 Å². The minimum absolute atomic E-state index is 0.0487. The summed E-state index contributed by atoms with van der Waals surface area (Å²) in [6, 6.07) is 13.0. The molecule has 0 bridgehead atoms. The number of rotatable bonds is 10. The number of nitrogens with zero attached hydrogens (tertiary/aromatic N) is 1. The van der Waals surface area contributed by atoms with E-state index in [9.17, 15) is 9.59 Å². The number of halogens is 2. The number of carbonyl (C=O) groups is 2. The lowest BCUT2D eigenvalue weighted by molar-refractivity contribution is -0.138. The summed E-state index contributed by atoms with van der Waals surface area (Å²) in [5.41, 5.74) is 3.20. The van der Waals surface area contributed by atoms with Gasteiger partial charge in [0.25, 0.3) is 0 Å². The number of nitrogens with one attached hydrogen (secondary N) is 1. The van der Waals surface area contributed by atoms with E-state index in [-0.39, 0.29) is 30.2 Å². The quantitative estimate of drug-likeness (QED) is 0.462. The highest BCUT2D eigenvalue weighted by molar-refractivity contribution is 7.99. The molecule has 1 N–H and O–H groups in total. The average molecular weight is 481 g/mol. The molecule has 2 atom stereocenters. The maximum absolute atomic E-state index is 13.1. The molecule has 0 aromatic heterocycles. The van der Waals surface area contributed by atoms with Crippen LogP contribution in [0, 0.1) is 6.92 Å². The molecule has 0 spiro atoms. The zero-order chi connectivity index (χ0) is 23.0. The molecule has 4 nitrogen and oxygen atoms in total. The van der Waals surface area contributed by atoms with Gasteiger partial charge in [-0.3, -0.25) is 9.59 Å². The fourth-order valence-electron chi connectivity index (χ4n) is 3.02. The second-order valence-electron chi connectivity index (χ2n) is 7.75. The smallest absolute Gasteiger partial charge is 0.242 e. The Morgan fingerprint density at radius 3 is 2.45 bits per heavy atom. The Morgan fingerprint density at radius 2 is 1.81 bits per heavy atom. The van der Waals surface area contributed by atoms with Gasteiger partial charge in [-0.05, 0) is 50.5 Å². The summed E-state index contributed by atoms with van der Waals surface area (Å²) in [6.07, 6.45) is 0.825. The van der Waals surface area contributed by atoms with Crippen molar-refractivity contribution in [3.05, 3.63) is 69.2 Å². The lowest BCUT2D eigenvalue weighted by atomic mass is 10.1. The van der Waals surface area contributed by atoms with Crippen LogP contribution >= 0.6 is 35.0 Å². The first-order valence-electron chi connectivity index (χ1n) is 10.4. The Hall–Kier alpha value is -1.69. The maximum atomic E-state index is 13.1. The van der Waals surface area contributed by atoms with Gasteiger partial charge >= 0.3 is 0 Å². The molecule has 0 heterocycles. The van der Waals surface area contributed by atoms with Gasteiger partial charge < -0.3 is 10.2 Å². The van der Waals surface area contributed by atoms with E-state index in [0.29, 0.717) is 10.0 Å². The second kappa shape index (κ2) is 12.4. The Kier molecular flexibility index (Phi) is 10.2. The number of hydrogen-bond donors (Lipinski definition) is 1. The Bertz CT molecular complexity index is 907. The van der Waals surface area contributed by atoms with Gasteiger partial charge in [-0.1, -0.05) is 66.0 Å². The van der Waals surface area contributed by atoms with Crippen molar-refractivity contribution in [2.24, 2.45) is 0 Å². The van der Waals surface area contributed by atoms with E-state index in [1.165, 1.54) is 11.1 Å². The van der Waals surface area contributed by atoms with E-state index in [1.54, 1.807) is 35.7 Å². The predicted octanol–water partition coefficient (Wildman–Crippen LogP) is 5.87. The van der Waals surface area contributed by atoms with Gasteiger partial charge in [0.05, 0.1) is 15.8 Å². The largest absolute Gasteiger partial charge is 0.352 e. The van der Waals surface area contributed by atoms with E-state index >= 15 is 0 Å². The van der Waals surface area contributed by atoms with Crippen LogP contribution in [0.5, 0.6) is 0 Å². The predicted molar refractivity (Wildman–Crippen MR) is 132 cm³/mol. The summed E-state index contributed by atoms with van der Waals surface area (Å²) in [6.45, 7) is 8.06. The van der Waals surface area contributed by atoms with Crippen LogP contribution in [0.2, 0.25) is 10.0 Å². The van der Waals surface area contributed by atoms with E-state index < -0.39 is 6.04 Å². The molecule has 2 amide bonds. The number of hydrogen-bond acceptors (Lipinski definition) is 3. The highest BCUT2D eigenvalue weighted by Crippen LogP contribution is 2.24. The third-order valence-electron chi connectivity index (χ3n) is 5.08. The van der Waals surface area contributed by atoms with E-state index in [4.69, 9.17) is 23.2 Å². The highest BCUT2D eigenvalue weighted by Gasteiger charge is 2.26. The summed E-state index contributed by atoms with van der Waals surface area (Å²) < 4.78 is 0. The molecule has 0 aliphatic carbocycles. The lowest BCUT2D eigenvalue weighted by Gasteiger charge is -2.29. The molecule has 31 heavy (non-hydrogen) atoms. The summed E-state index contributed by atoms with van der Waals surface area (Å²) in [7, 11) is 0. The Labute approximate surface area is 199 Å². The number of carbonyl (C=O) groups excluding carboxylic acids is 2. The molecule has 7 heteroatoms. The van der Waals surface area contributed by atoms with Gasteiger partial charge in [-0.25, -0.2) is 0 Å². The number of benzene rings is 2. The fraction of sp³-hybridized carbons (Fsp3) is 0.417. The molecule has 0 fully saturated rings. The van der Waals surface area contributed by atoms with Crippen molar-refractivity contribution in [1.29, 1.82) is 0 Å². The number of thioether (sulfide) groups is 1. The Balaban J connectivity index is 2.11. The van der Waals surface area contributed by atoms with Crippen molar-refractivity contribution < 1.29 is 9.59 Å². The normalized spacial score (nSPS) is 12.8. The van der Waals surface area contributed by atoms with E-state index in [2.05, 4.69) is 30.4 Å². The molecule has 0 aliphatic rings. The molecule has 2 rings (SSSR count). The topological polar surface area (TPSA) is 49.4 Å². The van der Waals surface area contributed by atoms with Gasteiger partial charge in [-0.15, -0.1) is 11.8 Å². The van der Waals surface area contributed by atoms with Gasteiger partial charge in [0.15, 0.2) is 0 Å². The molecule has 2 aromatic rings. The van der Waals surface area contributed by atoms with Gasteiger partial charge in [0.2, 0.25) is 11.8 Å². The standard InChI is InChI=1S/C24H30Cl2N2O2S/c1-5-17(3)27-24(30)18(4)28(13-19-9-10-21(25)22(26)12-19)23(29)15-31-14-20-8-6-7-16(2)11-20/h6-12,17-18H,5,13-15H2,1-4H3,(H,27,30)/t17-,18-/m1/s1. The summed E-state index contributed by atoms with van der Waals surface area (Å²) in [4.78, 5) is 27.5. The van der Waals surface area contributed by atoms with Crippen LogP contribution in [0.4, 0.5) is 0 Å². The van der Waals surface area contributed by atoms with Crippen LogP contribution in [0.15, 0.2) is 42.5 Å². The number of aryl methyl sites for hydroxylation is 1. The van der Waals surface area contributed by atoms with Crippen LogP contribution in [0.1, 0.15) is 43.9 Å². The van der Waals surface area contributed by atoms with Gasteiger partial charge in [-0.2, -0.15) is 0 Å². The summed E-state index contributed by atoms with van der Waals surface area (Å²) in [5.74, 6) is 0.777. The van der Waals surface area contributed by atoms with Gasteiger partial charge in [0.1, 0.15) is 6.04 Å². The Morgan fingerprint density at radius 1 is 1.06 bits per heavy atom. The zero-order valence-electron chi connectivity index (χ0n) is 18.5. The van der Waals surface area contributed by atoms with Crippen LogP contribution in [-0.2, 0) is 21.9 Å². The first kappa shape index (κ1) is 25.6. The summed E-state index contributed by atoms with van der Waals surface area (Å²) in [5, 5.41) is 3.86. The molecule has 2 aromatic carbocycles. The van der Waals surface area contributed by atoms with E-state index in [1.807, 2.05) is 26.0 Å². The molecule has 0 saturated carbocycles. The van der Waals surface area contributed by atoms with Crippen molar-refractivity contribution in [3.63, 3.8) is 0 Å². The second-order valence-corrected chi connectivity index (χ2v) is 9.55. The summed E-state index contributed by atoms with van der Waals surface area (Å²) >= 11 is 13.7. The SMILES string of the molecule is CC[C@@H](C)NC(=O)[C@@H](C)N(Cc1ccc(Cl)c(Cl)c1)C(=O)CSCc1cccc(C)c1.